The fourth-order valence-electron chi connectivity index (χ4n) is 3.33. The Morgan fingerprint density at radius 2 is 1.71 bits per heavy atom. The third-order valence-electron chi connectivity index (χ3n) is 4.93. The SMILES string of the molecule is CCCCOC(=O)C1CSC(CC)N1C(=O)c1ccc(-c2ccccc2)cc1. The van der Waals surface area contributed by atoms with Gasteiger partial charge in [0.25, 0.3) is 5.91 Å². The van der Waals surface area contributed by atoms with Gasteiger partial charge in [-0.2, -0.15) is 0 Å². The summed E-state index contributed by atoms with van der Waals surface area (Å²) in [7, 11) is 0. The summed E-state index contributed by atoms with van der Waals surface area (Å²) in [5.41, 5.74) is 2.78. The van der Waals surface area contributed by atoms with Gasteiger partial charge in [-0.05, 0) is 36.1 Å². The molecule has 1 aliphatic heterocycles. The highest BCUT2D eigenvalue weighted by atomic mass is 32.2. The van der Waals surface area contributed by atoms with Crippen molar-refractivity contribution in [1.82, 2.24) is 4.90 Å². The number of carbonyl (C=O) groups is 2. The lowest BCUT2D eigenvalue weighted by Crippen LogP contribution is -2.46. The van der Waals surface area contributed by atoms with Crippen LogP contribution in [0.15, 0.2) is 54.6 Å². The molecule has 0 spiro atoms. The number of amides is 1. The van der Waals surface area contributed by atoms with E-state index < -0.39 is 6.04 Å². The maximum absolute atomic E-state index is 13.2. The van der Waals surface area contributed by atoms with Crippen molar-refractivity contribution in [3.05, 3.63) is 60.2 Å². The van der Waals surface area contributed by atoms with Crippen LogP contribution in [0.3, 0.4) is 0 Å². The van der Waals surface area contributed by atoms with Crippen LogP contribution in [0.2, 0.25) is 0 Å². The number of nitrogens with zero attached hydrogens (tertiary/aromatic N) is 1. The normalized spacial score (nSPS) is 18.9. The van der Waals surface area contributed by atoms with Crippen molar-refractivity contribution in [2.75, 3.05) is 12.4 Å². The van der Waals surface area contributed by atoms with E-state index in [0.29, 0.717) is 17.9 Å². The molecule has 0 N–H and O–H groups in total. The molecule has 4 nitrogen and oxygen atoms in total. The maximum Gasteiger partial charge on any atom is 0.329 e. The van der Waals surface area contributed by atoms with Crippen LogP contribution in [0, 0.1) is 0 Å². The van der Waals surface area contributed by atoms with Crippen LogP contribution < -0.4 is 0 Å². The summed E-state index contributed by atoms with van der Waals surface area (Å²) in [4.78, 5) is 27.5. The van der Waals surface area contributed by atoms with Crippen LogP contribution in [0.4, 0.5) is 0 Å². The first-order valence-corrected chi connectivity index (χ1v) is 11.0. The molecule has 1 saturated heterocycles. The van der Waals surface area contributed by atoms with Gasteiger partial charge < -0.3 is 9.64 Å². The number of carbonyl (C=O) groups excluding carboxylic acids is 2. The first kappa shape index (κ1) is 20.5. The number of hydrogen-bond donors (Lipinski definition) is 0. The molecule has 0 bridgehead atoms. The van der Waals surface area contributed by atoms with Gasteiger partial charge >= 0.3 is 5.97 Å². The molecule has 0 saturated carbocycles. The second kappa shape index (κ2) is 9.78. The molecule has 1 aliphatic rings. The van der Waals surface area contributed by atoms with Gasteiger partial charge in [0.15, 0.2) is 0 Å². The Hall–Kier alpha value is -2.27. The van der Waals surface area contributed by atoms with E-state index in [9.17, 15) is 9.59 Å². The molecule has 2 unspecified atom stereocenters. The van der Waals surface area contributed by atoms with Crippen LogP contribution >= 0.6 is 11.8 Å². The highest BCUT2D eigenvalue weighted by Gasteiger charge is 2.41. The Balaban J connectivity index is 1.76. The van der Waals surface area contributed by atoms with Crippen molar-refractivity contribution in [2.45, 2.75) is 44.5 Å². The lowest BCUT2D eigenvalue weighted by atomic mass is 10.0. The summed E-state index contributed by atoms with van der Waals surface area (Å²) in [6, 6.07) is 17.2. The molecule has 2 aromatic rings. The number of esters is 1. The van der Waals surface area contributed by atoms with Gasteiger partial charge in [0.2, 0.25) is 0 Å². The van der Waals surface area contributed by atoms with Gasteiger partial charge in [-0.3, -0.25) is 4.79 Å². The molecule has 1 fully saturated rings. The molecule has 5 heteroatoms. The van der Waals surface area contributed by atoms with Gasteiger partial charge in [-0.1, -0.05) is 62.7 Å². The van der Waals surface area contributed by atoms with E-state index >= 15 is 0 Å². The molecule has 2 atom stereocenters. The maximum atomic E-state index is 13.2. The smallest absolute Gasteiger partial charge is 0.329 e. The van der Waals surface area contributed by atoms with E-state index in [1.54, 1.807) is 16.7 Å². The fraction of sp³-hybridized carbons (Fsp3) is 0.391. The number of thioether (sulfide) groups is 1. The van der Waals surface area contributed by atoms with Gasteiger partial charge in [0, 0.05) is 11.3 Å². The van der Waals surface area contributed by atoms with Crippen molar-refractivity contribution in [3.63, 3.8) is 0 Å². The first-order chi connectivity index (χ1) is 13.7. The standard InChI is InChI=1S/C23H27NO3S/c1-3-5-15-27-23(26)20-16-28-21(4-2)24(20)22(25)19-13-11-18(12-14-19)17-9-7-6-8-10-17/h6-14,20-21H,3-5,15-16H2,1-2H3. The number of benzene rings is 2. The molecule has 0 aliphatic carbocycles. The summed E-state index contributed by atoms with van der Waals surface area (Å²) < 4.78 is 5.41. The molecular weight excluding hydrogens is 370 g/mol. The third kappa shape index (κ3) is 4.58. The summed E-state index contributed by atoms with van der Waals surface area (Å²) >= 11 is 1.65. The topological polar surface area (TPSA) is 46.6 Å². The molecular formula is C23H27NO3S. The van der Waals surface area contributed by atoms with Gasteiger partial charge in [0.05, 0.1) is 12.0 Å². The van der Waals surface area contributed by atoms with E-state index in [-0.39, 0.29) is 17.3 Å². The number of ether oxygens (including phenoxy) is 1. The molecule has 0 aromatic heterocycles. The Kier molecular flexibility index (Phi) is 7.15. The summed E-state index contributed by atoms with van der Waals surface area (Å²) in [5.74, 6) is 0.206. The van der Waals surface area contributed by atoms with Crippen LogP contribution in [-0.2, 0) is 9.53 Å². The Morgan fingerprint density at radius 1 is 1.04 bits per heavy atom. The zero-order valence-corrected chi connectivity index (χ0v) is 17.3. The zero-order chi connectivity index (χ0) is 19.9. The average molecular weight is 398 g/mol. The van der Waals surface area contributed by atoms with E-state index in [1.807, 2.05) is 61.5 Å². The van der Waals surface area contributed by atoms with Crippen LogP contribution in [0.5, 0.6) is 0 Å². The quantitative estimate of drug-likeness (QED) is 0.488. The van der Waals surface area contributed by atoms with Gasteiger partial charge in [-0.15, -0.1) is 11.8 Å². The molecule has 0 radical (unpaired) electrons. The minimum atomic E-state index is -0.506. The summed E-state index contributed by atoms with van der Waals surface area (Å²) in [6.45, 7) is 4.52. The van der Waals surface area contributed by atoms with Crippen LogP contribution in [-0.4, -0.2) is 40.6 Å². The third-order valence-corrected chi connectivity index (χ3v) is 6.38. The van der Waals surface area contributed by atoms with E-state index in [0.717, 1.165) is 30.4 Å². The van der Waals surface area contributed by atoms with Crippen LogP contribution in [0.25, 0.3) is 11.1 Å². The Bertz CT molecular complexity index is 791. The molecule has 3 rings (SSSR count). The highest BCUT2D eigenvalue weighted by molar-refractivity contribution is 8.00. The predicted molar refractivity (Wildman–Crippen MR) is 114 cm³/mol. The average Bonchev–Trinajstić information content (AvgIpc) is 3.18. The largest absolute Gasteiger partial charge is 0.464 e. The van der Waals surface area contributed by atoms with Crippen LogP contribution in [0.1, 0.15) is 43.5 Å². The van der Waals surface area contributed by atoms with Crippen molar-refractivity contribution in [2.24, 2.45) is 0 Å². The van der Waals surface area contributed by atoms with E-state index in [1.165, 1.54) is 0 Å². The zero-order valence-electron chi connectivity index (χ0n) is 16.5. The monoisotopic (exact) mass is 397 g/mol. The molecule has 28 heavy (non-hydrogen) atoms. The fourth-order valence-corrected chi connectivity index (χ4v) is 4.67. The van der Waals surface area contributed by atoms with E-state index in [2.05, 4.69) is 6.92 Å². The van der Waals surface area contributed by atoms with Crippen molar-refractivity contribution in [1.29, 1.82) is 0 Å². The second-order valence-electron chi connectivity index (χ2n) is 6.89. The predicted octanol–water partition coefficient (Wildman–Crippen LogP) is 4.99. The molecule has 2 aromatic carbocycles. The molecule has 1 amide bonds. The second-order valence-corrected chi connectivity index (χ2v) is 8.10. The summed E-state index contributed by atoms with van der Waals surface area (Å²) in [6.07, 6.45) is 2.62. The number of rotatable bonds is 7. The number of unbranched alkanes of at least 4 members (excludes halogenated alkanes) is 1. The number of hydrogen-bond acceptors (Lipinski definition) is 4. The molecule has 1 heterocycles. The van der Waals surface area contributed by atoms with Crippen molar-refractivity contribution < 1.29 is 14.3 Å². The molecule has 148 valence electrons. The minimum absolute atomic E-state index is 0.00465. The van der Waals surface area contributed by atoms with E-state index in [4.69, 9.17) is 4.74 Å². The van der Waals surface area contributed by atoms with Gasteiger partial charge in [0.1, 0.15) is 6.04 Å². The Labute approximate surface area is 171 Å². The van der Waals surface area contributed by atoms with Crippen molar-refractivity contribution in [3.8, 4) is 11.1 Å². The van der Waals surface area contributed by atoms with Crippen molar-refractivity contribution >= 4 is 23.6 Å². The minimum Gasteiger partial charge on any atom is -0.464 e. The summed E-state index contributed by atoms with van der Waals surface area (Å²) in [5, 5.41) is 0.00465. The Morgan fingerprint density at radius 3 is 2.36 bits per heavy atom. The lowest BCUT2D eigenvalue weighted by molar-refractivity contribution is -0.148. The first-order valence-electron chi connectivity index (χ1n) is 9.92. The van der Waals surface area contributed by atoms with Gasteiger partial charge in [-0.25, -0.2) is 4.79 Å². The highest BCUT2D eigenvalue weighted by Crippen LogP contribution is 2.33. The lowest BCUT2D eigenvalue weighted by Gasteiger charge is -2.28.